The molecule has 0 radical (unpaired) electrons. The fourth-order valence-corrected chi connectivity index (χ4v) is 3.74. The Bertz CT molecular complexity index is 886. The van der Waals surface area contributed by atoms with Gasteiger partial charge in [0, 0.05) is 20.1 Å². The van der Waals surface area contributed by atoms with Crippen LogP contribution in [-0.2, 0) is 31.0 Å². The normalized spacial score (nSPS) is 20.7. The molecule has 1 aromatic rings. The first-order valence-corrected chi connectivity index (χ1v) is 10.6. The second-order valence-corrected chi connectivity index (χ2v) is 9.13. The summed E-state index contributed by atoms with van der Waals surface area (Å²) in [5, 5.41) is 5.22. The SMILES string of the molecule is Cc1ccccc1CNC(=O)CNC(=O)[C@@]1(C)CN(S(C)(=O)=O)CC(=O)N1C. The Labute approximate surface area is 165 Å². The van der Waals surface area contributed by atoms with Crippen LogP contribution in [0.3, 0.4) is 0 Å². The number of hydrogen-bond donors (Lipinski definition) is 2. The third-order valence-electron chi connectivity index (χ3n) is 5.02. The van der Waals surface area contributed by atoms with E-state index in [4.69, 9.17) is 0 Å². The van der Waals surface area contributed by atoms with Crippen LogP contribution in [0.1, 0.15) is 18.1 Å². The van der Waals surface area contributed by atoms with Crippen molar-refractivity contribution in [3.63, 3.8) is 0 Å². The summed E-state index contributed by atoms with van der Waals surface area (Å²) >= 11 is 0. The summed E-state index contributed by atoms with van der Waals surface area (Å²) < 4.78 is 24.6. The smallest absolute Gasteiger partial charge is 0.247 e. The molecule has 0 saturated carbocycles. The molecule has 1 atom stereocenters. The third-order valence-corrected chi connectivity index (χ3v) is 6.21. The van der Waals surface area contributed by atoms with Gasteiger partial charge < -0.3 is 15.5 Å². The minimum Gasteiger partial charge on any atom is -0.350 e. The Morgan fingerprint density at radius 2 is 1.86 bits per heavy atom. The first kappa shape index (κ1) is 21.8. The molecule has 0 bridgehead atoms. The molecule has 2 rings (SSSR count). The summed E-state index contributed by atoms with van der Waals surface area (Å²) in [5.74, 6) is -1.47. The number of sulfonamides is 1. The van der Waals surface area contributed by atoms with E-state index in [9.17, 15) is 22.8 Å². The van der Waals surface area contributed by atoms with Gasteiger partial charge in [-0.15, -0.1) is 0 Å². The number of rotatable bonds is 6. The minimum atomic E-state index is -3.63. The monoisotopic (exact) mass is 410 g/mol. The van der Waals surface area contributed by atoms with Crippen molar-refractivity contribution >= 4 is 27.7 Å². The highest BCUT2D eigenvalue weighted by molar-refractivity contribution is 7.88. The molecule has 154 valence electrons. The van der Waals surface area contributed by atoms with Crippen LogP contribution in [0.5, 0.6) is 0 Å². The Hall–Kier alpha value is -2.46. The molecule has 10 heteroatoms. The van der Waals surface area contributed by atoms with Crippen molar-refractivity contribution < 1.29 is 22.8 Å². The van der Waals surface area contributed by atoms with Gasteiger partial charge >= 0.3 is 0 Å². The minimum absolute atomic E-state index is 0.176. The van der Waals surface area contributed by atoms with Crippen LogP contribution in [0.4, 0.5) is 0 Å². The van der Waals surface area contributed by atoms with Crippen LogP contribution in [0.25, 0.3) is 0 Å². The fourth-order valence-electron chi connectivity index (χ4n) is 2.91. The zero-order chi connectivity index (χ0) is 21.1. The number of benzene rings is 1. The van der Waals surface area contributed by atoms with E-state index in [0.717, 1.165) is 21.7 Å². The zero-order valence-corrected chi connectivity index (χ0v) is 17.3. The molecule has 3 amide bonds. The molecule has 0 aromatic heterocycles. The van der Waals surface area contributed by atoms with E-state index >= 15 is 0 Å². The summed E-state index contributed by atoms with van der Waals surface area (Å²) in [7, 11) is -2.19. The van der Waals surface area contributed by atoms with Crippen molar-refractivity contribution in [3.05, 3.63) is 35.4 Å². The van der Waals surface area contributed by atoms with Crippen molar-refractivity contribution in [3.8, 4) is 0 Å². The summed E-state index contributed by atoms with van der Waals surface area (Å²) in [5.41, 5.74) is 0.604. The molecule has 0 spiro atoms. The van der Waals surface area contributed by atoms with Gasteiger partial charge in [0.2, 0.25) is 27.7 Å². The molecule has 1 saturated heterocycles. The number of carbonyl (C=O) groups excluding carboxylic acids is 3. The van der Waals surface area contributed by atoms with E-state index in [2.05, 4.69) is 10.6 Å². The lowest BCUT2D eigenvalue weighted by atomic mass is 9.96. The van der Waals surface area contributed by atoms with Gasteiger partial charge in [-0.1, -0.05) is 24.3 Å². The lowest BCUT2D eigenvalue weighted by Crippen LogP contribution is -2.68. The molecule has 0 aliphatic carbocycles. The Balaban J connectivity index is 1.97. The summed E-state index contributed by atoms with van der Waals surface area (Å²) in [4.78, 5) is 38.1. The van der Waals surface area contributed by atoms with Crippen LogP contribution in [-0.4, -0.2) is 73.8 Å². The topological polar surface area (TPSA) is 116 Å². The van der Waals surface area contributed by atoms with E-state index in [-0.39, 0.29) is 25.5 Å². The average Bonchev–Trinajstić information content (AvgIpc) is 2.62. The number of likely N-dealkylation sites (N-methyl/N-ethyl adjacent to an activating group) is 1. The number of aryl methyl sites for hydroxylation is 1. The second-order valence-electron chi connectivity index (χ2n) is 7.14. The maximum Gasteiger partial charge on any atom is 0.247 e. The molecule has 1 aliphatic heterocycles. The van der Waals surface area contributed by atoms with Gasteiger partial charge in [0.05, 0.1) is 19.3 Å². The van der Waals surface area contributed by atoms with Gasteiger partial charge in [-0.3, -0.25) is 14.4 Å². The van der Waals surface area contributed by atoms with Gasteiger partial charge in [0.15, 0.2) is 0 Å². The van der Waals surface area contributed by atoms with Crippen LogP contribution in [0, 0.1) is 6.92 Å². The summed E-state index contributed by atoms with van der Waals surface area (Å²) in [6.07, 6.45) is 0.989. The summed E-state index contributed by atoms with van der Waals surface area (Å²) in [6.45, 7) is 2.98. The van der Waals surface area contributed by atoms with E-state index in [0.29, 0.717) is 6.54 Å². The molecular formula is C18H26N4O5S. The lowest BCUT2D eigenvalue weighted by molar-refractivity contribution is -0.150. The van der Waals surface area contributed by atoms with Gasteiger partial charge in [0.25, 0.3) is 0 Å². The first-order valence-electron chi connectivity index (χ1n) is 8.76. The van der Waals surface area contributed by atoms with Crippen molar-refractivity contribution in [2.24, 2.45) is 0 Å². The quantitative estimate of drug-likeness (QED) is 0.638. The Kier molecular flexibility index (Phi) is 6.45. The molecule has 9 nitrogen and oxygen atoms in total. The number of piperazine rings is 1. The van der Waals surface area contributed by atoms with E-state index in [1.54, 1.807) is 0 Å². The van der Waals surface area contributed by atoms with Gasteiger partial charge in [-0.05, 0) is 25.0 Å². The first-order chi connectivity index (χ1) is 12.9. The molecule has 1 fully saturated rings. The fraction of sp³-hybridized carbons (Fsp3) is 0.500. The van der Waals surface area contributed by atoms with Crippen molar-refractivity contribution in [2.75, 3.05) is 32.9 Å². The van der Waals surface area contributed by atoms with E-state index < -0.39 is 27.4 Å². The highest BCUT2D eigenvalue weighted by Gasteiger charge is 2.47. The maximum absolute atomic E-state index is 12.7. The molecule has 28 heavy (non-hydrogen) atoms. The zero-order valence-electron chi connectivity index (χ0n) is 16.5. The van der Waals surface area contributed by atoms with E-state index in [1.807, 2.05) is 31.2 Å². The van der Waals surface area contributed by atoms with Crippen molar-refractivity contribution in [2.45, 2.75) is 25.9 Å². The standard InChI is InChI=1S/C18H26N4O5S/c1-13-7-5-6-8-14(13)9-19-15(23)10-20-17(25)18(2)12-22(28(4,26)27)11-16(24)21(18)3/h5-8H,9-12H2,1-4H3,(H,19,23)(H,20,25)/t18-/m1/s1. The number of carbonyl (C=O) groups is 3. The van der Waals surface area contributed by atoms with Crippen LogP contribution in [0.15, 0.2) is 24.3 Å². The predicted octanol–water partition coefficient (Wildman–Crippen LogP) is -0.780. The highest BCUT2D eigenvalue weighted by Crippen LogP contribution is 2.22. The Morgan fingerprint density at radius 3 is 2.46 bits per heavy atom. The molecule has 0 unspecified atom stereocenters. The molecule has 2 N–H and O–H groups in total. The predicted molar refractivity (Wildman–Crippen MR) is 104 cm³/mol. The lowest BCUT2D eigenvalue weighted by Gasteiger charge is -2.44. The average molecular weight is 410 g/mol. The highest BCUT2D eigenvalue weighted by atomic mass is 32.2. The van der Waals surface area contributed by atoms with Crippen LogP contribution in [0.2, 0.25) is 0 Å². The third kappa shape index (κ3) is 4.87. The van der Waals surface area contributed by atoms with Crippen LogP contribution < -0.4 is 10.6 Å². The molecule has 1 aromatic carbocycles. The number of hydrogen-bond acceptors (Lipinski definition) is 5. The number of amides is 3. The van der Waals surface area contributed by atoms with Crippen molar-refractivity contribution in [1.82, 2.24) is 19.8 Å². The Morgan fingerprint density at radius 1 is 1.21 bits per heavy atom. The van der Waals surface area contributed by atoms with Crippen molar-refractivity contribution in [1.29, 1.82) is 0 Å². The van der Waals surface area contributed by atoms with E-state index in [1.165, 1.54) is 18.9 Å². The summed E-state index contributed by atoms with van der Waals surface area (Å²) in [6, 6.07) is 7.62. The van der Waals surface area contributed by atoms with Gasteiger partial charge in [-0.25, -0.2) is 8.42 Å². The largest absolute Gasteiger partial charge is 0.350 e. The van der Waals surface area contributed by atoms with Gasteiger partial charge in [0.1, 0.15) is 5.54 Å². The maximum atomic E-state index is 12.7. The van der Waals surface area contributed by atoms with Gasteiger partial charge in [-0.2, -0.15) is 4.31 Å². The molecule has 1 aliphatic rings. The molecular weight excluding hydrogens is 384 g/mol. The van der Waals surface area contributed by atoms with Crippen LogP contribution >= 0.6 is 0 Å². The second kappa shape index (κ2) is 8.27. The molecule has 1 heterocycles. The number of nitrogens with one attached hydrogen (secondary N) is 2. The number of nitrogens with zero attached hydrogens (tertiary/aromatic N) is 2.